The van der Waals surface area contributed by atoms with Gasteiger partial charge in [0.05, 0.1) is 6.04 Å². The highest BCUT2D eigenvalue weighted by molar-refractivity contribution is 5.93. The molecule has 6 rings (SSSR count). The molecular formula is C31H40N4O2. The smallest absolute Gasteiger partial charge is 0.265 e. The van der Waals surface area contributed by atoms with Crippen LogP contribution in [0.25, 0.3) is 0 Å². The Kier molecular flexibility index (Phi) is 7.06. The van der Waals surface area contributed by atoms with Gasteiger partial charge in [0.15, 0.2) is 0 Å². The van der Waals surface area contributed by atoms with Gasteiger partial charge in [0.2, 0.25) is 0 Å². The first-order valence-electron chi connectivity index (χ1n) is 14.2. The molecule has 4 saturated heterocycles. The van der Waals surface area contributed by atoms with E-state index in [9.17, 15) is 9.90 Å². The molecule has 4 aliphatic rings. The highest BCUT2D eigenvalue weighted by Crippen LogP contribution is 2.50. The van der Waals surface area contributed by atoms with Gasteiger partial charge in [-0.05, 0) is 73.9 Å². The van der Waals surface area contributed by atoms with Gasteiger partial charge in [-0.3, -0.25) is 20.0 Å². The van der Waals surface area contributed by atoms with Gasteiger partial charge in [0, 0.05) is 49.4 Å². The van der Waals surface area contributed by atoms with Gasteiger partial charge in [0.25, 0.3) is 5.91 Å². The molecule has 1 amide bonds. The predicted molar refractivity (Wildman–Crippen MR) is 146 cm³/mol. The Morgan fingerprint density at radius 1 is 0.919 bits per heavy atom. The molecule has 0 aliphatic carbocycles. The summed E-state index contributed by atoms with van der Waals surface area (Å²) >= 11 is 0. The van der Waals surface area contributed by atoms with Crippen LogP contribution in [0.15, 0.2) is 61.2 Å². The molecule has 37 heavy (non-hydrogen) atoms. The second-order valence-electron chi connectivity index (χ2n) is 11.3. The SMILES string of the molecule is C=CCN1C2CCC1C1CCC2N1C(c1ccc(C(=O)NN2CCCCCC2)cc1)c1cccc(O)c1. The number of piperazine rings is 1. The number of rotatable bonds is 7. The summed E-state index contributed by atoms with van der Waals surface area (Å²) in [6.07, 6.45) is 11.7. The molecule has 4 bridgehead atoms. The summed E-state index contributed by atoms with van der Waals surface area (Å²) in [6, 6.07) is 18.1. The van der Waals surface area contributed by atoms with Crippen molar-refractivity contribution >= 4 is 5.91 Å². The molecule has 0 spiro atoms. The van der Waals surface area contributed by atoms with E-state index in [1.165, 1.54) is 44.1 Å². The normalized spacial score (nSPS) is 29.1. The highest BCUT2D eigenvalue weighted by Gasteiger charge is 2.56. The number of hydrogen-bond donors (Lipinski definition) is 2. The van der Waals surface area contributed by atoms with Crippen LogP contribution in [0.1, 0.15) is 78.9 Å². The summed E-state index contributed by atoms with van der Waals surface area (Å²) in [7, 11) is 0. The predicted octanol–water partition coefficient (Wildman–Crippen LogP) is 4.87. The Bertz CT molecular complexity index is 1090. The zero-order chi connectivity index (χ0) is 25.4. The Labute approximate surface area is 220 Å². The lowest BCUT2D eigenvalue weighted by Gasteiger charge is -2.50. The highest BCUT2D eigenvalue weighted by atomic mass is 16.3. The van der Waals surface area contributed by atoms with Crippen molar-refractivity contribution in [2.45, 2.75) is 81.6 Å². The number of hydrogen-bond acceptors (Lipinski definition) is 5. The Morgan fingerprint density at radius 3 is 2.19 bits per heavy atom. The maximum Gasteiger partial charge on any atom is 0.265 e. The first kappa shape index (κ1) is 24.7. The maximum absolute atomic E-state index is 13.0. The lowest BCUT2D eigenvalue weighted by atomic mass is 9.91. The molecule has 2 aromatic rings. The van der Waals surface area contributed by atoms with Crippen molar-refractivity contribution in [1.29, 1.82) is 0 Å². The van der Waals surface area contributed by atoms with Crippen molar-refractivity contribution in [2.75, 3.05) is 19.6 Å². The van der Waals surface area contributed by atoms with Gasteiger partial charge in [-0.1, -0.05) is 43.2 Å². The lowest BCUT2D eigenvalue weighted by molar-refractivity contribution is -0.00329. The lowest BCUT2D eigenvalue weighted by Crippen LogP contribution is -2.60. The van der Waals surface area contributed by atoms with Gasteiger partial charge >= 0.3 is 0 Å². The molecule has 4 heterocycles. The monoisotopic (exact) mass is 500 g/mol. The molecule has 5 atom stereocenters. The second kappa shape index (κ2) is 10.6. The summed E-state index contributed by atoms with van der Waals surface area (Å²) in [4.78, 5) is 18.5. The molecular weight excluding hydrogens is 460 g/mol. The van der Waals surface area contributed by atoms with Gasteiger partial charge < -0.3 is 5.11 Å². The summed E-state index contributed by atoms with van der Waals surface area (Å²) in [5, 5.41) is 12.5. The number of hydrazine groups is 1. The van der Waals surface area contributed by atoms with Crippen LogP contribution >= 0.6 is 0 Å². The number of aromatic hydroxyl groups is 1. The summed E-state index contributed by atoms with van der Waals surface area (Å²) in [5.74, 6) is 0.273. The van der Waals surface area contributed by atoms with Crippen LogP contribution in [0.5, 0.6) is 5.75 Å². The van der Waals surface area contributed by atoms with Crippen LogP contribution in [0.3, 0.4) is 0 Å². The van der Waals surface area contributed by atoms with Gasteiger partial charge in [-0.2, -0.15) is 0 Å². The summed E-state index contributed by atoms with van der Waals surface area (Å²) in [6.45, 7) is 6.84. The number of amides is 1. The van der Waals surface area contributed by atoms with Crippen LogP contribution in [0.4, 0.5) is 0 Å². The zero-order valence-electron chi connectivity index (χ0n) is 21.8. The average molecular weight is 501 g/mol. The molecule has 2 aromatic carbocycles. The maximum atomic E-state index is 13.0. The number of fused-ring (bicyclic) bond motifs is 6. The molecule has 0 aromatic heterocycles. The average Bonchev–Trinajstić information content (AvgIpc) is 3.28. The van der Waals surface area contributed by atoms with E-state index in [1.807, 2.05) is 24.3 Å². The second-order valence-corrected chi connectivity index (χ2v) is 11.3. The molecule has 196 valence electrons. The Morgan fingerprint density at radius 2 is 1.57 bits per heavy atom. The number of nitrogens with zero attached hydrogens (tertiary/aromatic N) is 3. The van der Waals surface area contributed by atoms with E-state index < -0.39 is 0 Å². The van der Waals surface area contributed by atoms with E-state index in [-0.39, 0.29) is 11.9 Å². The topological polar surface area (TPSA) is 59.0 Å². The Balaban J connectivity index is 1.29. The molecule has 6 nitrogen and oxygen atoms in total. The van der Waals surface area contributed by atoms with Crippen LogP contribution in [-0.4, -0.2) is 69.6 Å². The quantitative estimate of drug-likeness (QED) is 0.532. The van der Waals surface area contributed by atoms with E-state index in [1.54, 1.807) is 6.07 Å². The third-order valence-electron chi connectivity index (χ3n) is 9.20. The van der Waals surface area contributed by atoms with Crippen molar-refractivity contribution in [3.8, 4) is 5.75 Å². The molecule has 5 unspecified atom stereocenters. The number of phenols is 1. The van der Waals surface area contributed by atoms with Crippen molar-refractivity contribution in [3.05, 3.63) is 77.9 Å². The standard InChI is InChI=1S/C31H40N4O2/c1-2-18-34-26-14-15-27(34)29-17-16-28(26)35(29)30(24-8-7-9-25(36)21-24)22-10-12-23(13-11-22)31(37)32-33-19-5-3-4-6-20-33/h2,7-13,21,26-30,36H,1,3-6,14-20H2,(H,32,37). The fraction of sp³-hybridized carbons (Fsp3) is 0.516. The van der Waals surface area contributed by atoms with Gasteiger partial charge in [-0.15, -0.1) is 6.58 Å². The molecule has 4 fully saturated rings. The number of phenolic OH excluding ortho intramolecular Hbond substituents is 1. The van der Waals surface area contributed by atoms with E-state index >= 15 is 0 Å². The van der Waals surface area contributed by atoms with E-state index in [0.717, 1.165) is 38.0 Å². The van der Waals surface area contributed by atoms with E-state index in [0.29, 0.717) is 35.5 Å². The van der Waals surface area contributed by atoms with Crippen molar-refractivity contribution in [3.63, 3.8) is 0 Å². The van der Waals surface area contributed by atoms with Crippen LogP contribution in [-0.2, 0) is 0 Å². The minimum absolute atomic E-state index is 0.0292. The van der Waals surface area contributed by atoms with Crippen molar-refractivity contribution in [1.82, 2.24) is 20.2 Å². The third-order valence-corrected chi connectivity index (χ3v) is 9.20. The minimum Gasteiger partial charge on any atom is -0.508 e. The van der Waals surface area contributed by atoms with E-state index in [2.05, 4.69) is 51.1 Å². The molecule has 6 heteroatoms. The van der Waals surface area contributed by atoms with Gasteiger partial charge in [0.1, 0.15) is 5.75 Å². The number of nitrogens with one attached hydrogen (secondary N) is 1. The minimum atomic E-state index is -0.0292. The summed E-state index contributed by atoms with van der Waals surface area (Å²) < 4.78 is 0. The van der Waals surface area contributed by atoms with Crippen LogP contribution in [0.2, 0.25) is 0 Å². The van der Waals surface area contributed by atoms with Crippen molar-refractivity contribution < 1.29 is 9.90 Å². The fourth-order valence-corrected chi connectivity index (χ4v) is 7.66. The fourth-order valence-electron chi connectivity index (χ4n) is 7.66. The van der Waals surface area contributed by atoms with E-state index in [4.69, 9.17) is 0 Å². The largest absolute Gasteiger partial charge is 0.508 e. The number of carbonyl (C=O) groups excluding carboxylic acids is 1. The van der Waals surface area contributed by atoms with Crippen LogP contribution in [0, 0.1) is 0 Å². The first-order valence-corrected chi connectivity index (χ1v) is 14.2. The van der Waals surface area contributed by atoms with Crippen LogP contribution < -0.4 is 5.43 Å². The molecule has 0 radical (unpaired) electrons. The number of benzene rings is 2. The van der Waals surface area contributed by atoms with Gasteiger partial charge in [-0.25, -0.2) is 5.01 Å². The molecule has 0 saturated carbocycles. The molecule has 4 aliphatic heterocycles. The number of carbonyl (C=O) groups is 1. The van der Waals surface area contributed by atoms with Crippen molar-refractivity contribution in [2.24, 2.45) is 0 Å². The zero-order valence-corrected chi connectivity index (χ0v) is 21.8. The third kappa shape index (κ3) is 4.71. The summed E-state index contributed by atoms with van der Waals surface area (Å²) in [5.41, 5.74) is 6.13. The molecule has 2 N–H and O–H groups in total. The first-order chi connectivity index (χ1) is 18.1. The Hall–Kier alpha value is -2.67.